The summed E-state index contributed by atoms with van der Waals surface area (Å²) in [6, 6.07) is 1.87. The van der Waals surface area contributed by atoms with Crippen LogP contribution < -0.4 is 4.74 Å². The molecule has 0 aliphatic rings. The van der Waals surface area contributed by atoms with Crippen molar-refractivity contribution in [2.75, 3.05) is 6.61 Å². The molecule has 0 N–H and O–H groups in total. The van der Waals surface area contributed by atoms with E-state index in [1.54, 1.807) is 6.08 Å². The smallest absolute Gasteiger partial charge is 0.251 e. The molecular formula is C8H7N3O. The first kappa shape index (κ1) is 8.21. The van der Waals surface area contributed by atoms with Crippen molar-refractivity contribution in [1.82, 2.24) is 9.97 Å². The molecule has 1 rings (SSSR count). The van der Waals surface area contributed by atoms with Crippen molar-refractivity contribution in [1.29, 1.82) is 5.26 Å². The molecule has 1 heterocycles. The highest BCUT2D eigenvalue weighted by molar-refractivity contribution is 5.29. The molecule has 0 radical (unpaired) electrons. The molecule has 4 heteroatoms. The Hall–Kier alpha value is -1.89. The van der Waals surface area contributed by atoms with Crippen LogP contribution >= 0.6 is 0 Å². The third kappa shape index (κ3) is 1.80. The minimum absolute atomic E-state index is 0.194. The van der Waals surface area contributed by atoms with Gasteiger partial charge in [0.1, 0.15) is 12.7 Å². The van der Waals surface area contributed by atoms with Crippen LogP contribution in [0.1, 0.15) is 5.69 Å². The van der Waals surface area contributed by atoms with Gasteiger partial charge in [-0.15, -0.1) is 0 Å². The zero-order valence-corrected chi connectivity index (χ0v) is 6.40. The van der Waals surface area contributed by atoms with E-state index in [1.165, 1.54) is 12.4 Å². The van der Waals surface area contributed by atoms with E-state index in [4.69, 9.17) is 10.00 Å². The molecule has 0 aliphatic heterocycles. The van der Waals surface area contributed by atoms with Crippen LogP contribution in [0, 0.1) is 11.3 Å². The van der Waals surface area contributed by atoms with Gasteiger partial charge in [0.2, 0.25) is 5.69 Å². The first-order valence-corrected chi connectivity index (χ1v) is 3.33. The minimum atomic E-state index is 0.194. The van der Waals surface area contributed by atoms with Crippen molar-refractivity contribution in [2.45, 2.75) is 0 Å². The van der Waals surface area contributed by atoms with Crippen LogP contribution in [0.5, 0.6) is 5.88 Å². The summed E-state index contributed by atoms with van der Waals surface area (Å²) in [4.78, 5) is 7.60. The maximum absolute atomic E-state index is 8.56. The van der Waals surface area contributed by atoms with Crippen LogP contribution in [0.4, 0.5) is 0 Å². The summed E-state index contributed by atoms with van der Waals surface area (Å²) in [7, 11) is 0. The van der Waals surface area contributed by atoms with Crippen LogP contribution in [0.2, 0.25) is 0 Å². The fourth-order valence-corrected chi connectivity index (χ4v) is 0.645. The maximum atomic E-state index is 8.56. The Balaban J connectivity index is 2.83. The summed E-state index contributed by atoms with van der Waals surface area (Å²) >= 11 is 0. The molecular weight excluding hydrogens is 154 g/mol. The van der Waals surface area contributed by atoms with E-state index in [1.807, 2.05) is 6.07 Å². The average Bonchev–Trinajstić information content (AvgIpc) is 2.15. The van der Waals surface area contributed by atoms with Crippen molar-refractivity contribution < 1.29 is 4.74 Å². The number of hydrogen-bond donors (Lipinski definition) is 0. The Morgan fingerprint density at radius 3 is 3.00 bits per heavy atom. The lowest BCUT2D eigenvalue weighted by Gasteiger charge is -2.00. The van der Waals surface area contributed by atoms with Crippen molar-refractivity contribution in [3.8, 4) is 11.9 Å². The number of ether oxygens (including phenoxy) is 1. The molecule has 0 aromatic carbocycles. The molecule has 1 aromatic heterocycles. The largest absolute Gasteiger partial charge is 0.471 e. The summed E-state index contributed by atoms with van der Waals surface area (Å²) in [5.41, 5.74) is 0.194. The highest BCUT2D eigenvalue weighted by Crippen LogP contribution is 2.08. The zero-order valence-electron chi connectivity index (χ0n) is 6.40. The minimum Gasteiger partial charge on any atom is -0.471 e. The van der Waals surface area contributed by atoms with Crippen LogP contribution in [-0.2, 0) is 0 Å². The van der Waals surface area contributed by atoms with E-state index < -0.39 is 0 Å². The van der Waals surface area contributed by atoms with Gasteiger partial charge in [-0.25, -0.2) is 9.97 Å². The molecule has 0 saturated heterocycles. The zero-order chi connectivity index (χ0) is 8.81. The average molecular weight is 161 g/mol. The molecule has 0 bridgehead atoms. The lowest BCUT2D eigenvalue weighted by Crippen LogP contribution is -1.99. The predicted octanol–water partition coefficient (Wildman–Crippen LogP) is 0.913. The van der Waals surface area contributed by atoms with Crippen molar-refractivity contribution in [3.05, 3.63) is 30.7 Å². The van der Waals surface area contributed by atoms with Crippen LogP contribution in [-0.4, -0.2) is 16.6 Å². The Bertz CT molecular complexity index is 316. The summed E-state index contributed by atoms with van der Waals surface area (Å²) < 4.78 is 5.06. The van der Waals surface area contributed by atoms with E-state index in [0.717, 1.165) is 0 Å². The van der Waals surface area contributed by atoms with E-state index in [0.29, 0.717) is 6.61 Å². The summed E-state index contributed by atoms with van der Waals surface area (Å²) in [6.45, 7) is 3.80. The number of aromatic nitrogens is 2. The van der Waals surface area contributed by atoms with Gasteiger partial charge < -0.3 is 4.74 Å². The highest BCUT2D eigenvalue weighted by Gasteiger charge is 2.02. The molecule has 0 saturated carbocycles. The fourth-order valence-electron chi connectivity index (χ4n) is 0.645. The monoisotopic (exact) mass is 161 g/mol. The molecule has 1 aromatic rings. The van der Waals surface area contributed by atoms with Gasteiger partial charge in [0.25, 0.3) is 5.88 Å². The Morgan fingerprint density at radius 2 is 2.33 bits per heavy atom. The Kier molecular flexibility index (Phi) is 2.79. The number of nitrogens with zero attached hydrogens (tertiary/aromatic N) is 3. The molecule has 0 unspecified atom stereocenters. The second-order valence-electron chi connectivity index (χ2n) is 1.92. The Labute approximate surface area is 70.1 Å². The van der Waals surface area contributed by atoms with E-state index >= 15 is 0 Å². The number of hydrogen-bond acceptors (Lipinski definition) is 4. The first-order valence-electron chi connectivity index (χ1n) is 3.33. The second kappa shape index (κ2) is 4.09. The molecule has 0 fully saturated rings. The number of nitriles is 1. The lowest BCUT2D eigenvalue weighted by atomic mass is 10.5. The third-order valence-electron chi connectivity index (χ3n) is 1.11. The van der Waals surface area contributed by atoms with Gasteiger partial charge in [-0.3, -0.25) is 0 Å². The molecule has 0 atom stereocenters. The van der Waals surface area contributed by atoms with Crippen LogP contribution in [0.25, 0.3) is 0 Å². The van der Waals surface area contributed by atoms with Crippen LogP contribution in [0.15, 0.2) is 25.0 Å². The summed E-state index contributed by atoms with van der Waals surface area (Å²) in [5, 5.41) is 8.56. The summed E-state index contributed by atoms with van der Waals surface area (Å²) in [5.74, 6) is 0.250. The standard InChI is InChI=1S/C8H7N3O/c1-2-5-12-8-7(6-9)10-3-4-11-8/h2-4H,1,5H2. The normalized spacial score (nSPS) is 8.58. The highest BCUT2D eigenvalue weighted by atomic mass is 16.5. The van der Waals surface area contributed by atoms with Crippen molar-refractivity contribution >= 4 is 0 Å². The number of rotatable bonds is 3. The van der Waals surface area contributed by atoms with Gasteiger partial charge in [-0.05, 0) is 0 Å². The van der Waals surface area contributed by atoms with Crippen molar-refractivity contribution in [3.63, 3.8) is 0 Å². The topological polar surface area (TPSA) is 58.8 Å². The van der Waals surface area contributed by atoms with E-state index in [2.05, 4.69) is 16.5 Å². The molecule has 0 spiro atoms. The van der Waals surface area contributed by atoms with Gasteiger partial charge in [0, 0.05) is 12.4 Å². The molecule has 60 valence electrons. The summed E-state index contributed by atoms with van der Waals surface area (Å²) in [6.07, 6.45) is 4.49. The molecule has 0 amide bonds. The van der Waals surface area contributed by atoms with Gasteiger partial charge in [-0.1, -0.05) is 12.7 Å². The third-order valence-corrected chi connectivity index (χ3v) is 1.11. The quantitative estimate of drug-likeness (QED) is 0.618. The van der Waals surface area contributed by atoms with Crippen LogP contribution in [0.3, 0.4) is 0 Å². The lowest BCUT2D eigenvalue weighted by molar-refractivity contribution is 0.345. The predicted molar refractivity (Wildman–Crippen MR) is 42.4 cm³/mol. The van der Waals surface area contributed by atoms with E-state index in [-0.39, 0.29) is 11.6 Å². The van der Waals surface area contributed by atoms with Crippen molar-refractivity contribution in [2.24, 2.45) is 0 Å². The fraction of sp³-hybridized carbons (Fsp3) is 0.125. The van der Waals surface area contributed by atoms with Gasteiger partial charge in [0.15, 0.2) is 0 Å². The molecule has 12 heavy (non-hydrogen) atoms. The maximum Gasteiger partial charge on any atom is 0.251 e. The SMILES string of the molecule is C=CCOc1nccnc1C#N. The van der Waals surface area contributed by atoms with Gasteiger partial charge in [0.05, 0.1) is 0 Å². The van der Waals surface area contributed by atoms with Gasteiger partial charge in [-0.2, -0.15) is 5.26 Å². The van der Waals surface area contributed by atoms with Gasteiger partial charge >= 0.3 is 0 Å². The second-order valence-corrected chi connectivity index (χ2v) is 1.92. The molecule has 0 aliphatic carbocycles. The van der Waals surface area contributed by atoms with E-state index in [9.17, 15) is 0 Å². The Morgan fingerprint density at radius 1 is 1.58 bits per heavy atom. The molecule has 4 nitrogen and oxygen atoms in total. The first-order chi connectivity index (χ1) is 5.88.